The molecule has 0 aliphatic heterocycles. The summed E-state index contributed by atoms with van der Waals surface area (Å²) in [5.74, 6) is 0. The van der Waals surface area contributed by atoms with Crippen molar-refractivity contribution in [3.05, 3.63) is 60.7 Å². The van der Waals surface area contributed by atoms with Crippen LogP contribution in [0.2, 0.25) is 51.4 Å². The average molecular weight is 702 g/mol. The third-order valence-corrected chi connectivity index (χ3v) is 20.0. The molecular formula is C34H59N5O5Si3. The Morgan fingerprint density at radius 1 is 0.830 bits per heavy atom. The SMILES string of the molecule is CCONCCN(CCC[Si](C)(C)O[Si](C)(C)O[Si](C)(C)CCCC1(C)CC1NC(=O)Nc1ccccc1)C(=O)Nc1ccccc1. The molecule has 0 aromatic heterocycles. The zero-order valence-electron chi connectivity index (χ0n) is 29.9. The molecule has 0 bridgehead atoms. The number of para-hydroxylation sites is 2. The number of hydrogen-bond acceptors (Lipinski definition) is 6. The van der Waals surface area contributed by atoms with E-state index in [4.69, 9.17) is 13.1 Å². The Balaban J connectivity index is 1.41. The molecular weight excluding hydrogens is 643 g/mol. The fourth-order valence-corrected chi connectivity index (χ4v) is 20.3. The van der Waals surface area contributed by atoms with E-state index in [2.05, 4.69) is 67.6 Å². The second-order valence-electron chi connectivity index (χ2n) is 14.6. The Morgan fingerprint density at radius 3 is 1.96 bits per heavy atom. The standard InChI is InChI=1S/C34H59N5O5Si3/c1-9-42-35-23-25-39(33(41)37-30-20-14-11-15-21-30)24-17-27-46(5,6)44-47(7,8)43-45(3,4)26-16-22-34(2)28-31(34)38-32(40)36-29-18-12-10-13-19-29/h10-15,18-21,31,35H,9,16-17,22-28H2,1-8H3,(H,37,41)(H2,36,38,40). The van der Waals surface area contributed by atoms with Crippen LogP contribution in [0.1, 0.15) is 39.5 Å². The van der Waals surface area contributed by atoms with Crippen LogP contribution in [-0.4, -0.2) is 74.4 Å². The molecule has 47 heavy (non-hydrogen) atoms. The van der Waals surface area contributed by atoms with Gasteiger partial charge in [-0.25, -0.2) is 15.1 Å². The van der Waals surface area contributed by atoms with Crippen LogP contribution in [0.25, 0.3) is 0 Å². The van der Waals surface area contributed by atoms with Crippen molar-refractivity contribution in [1.82, 2.24) is 15.7 Å². The number of benzene rings is 2. The van der Waals surface area contributed by atoms with Crippen molar-refractivity contribution in [1.29, 1.82) is 0 Å². The first kappa shape index (κ1) is 38.9. The van der Waals surface area contributed by atoms with Crippen LogP contribution in [-0.2, 0) is 13.1 Å². The maximum Gasteiger partial charge on any atom is 0.321 e. The highest BCUT2D eigenvalue weighted by Crippen LogP contribution is 2.50. The van der Waals surface area contributed by atoms with E-state index in [0.29, 0.717) is 26.2 Å². The first-order valence-corrected chi connectivity index (χ1v) is 26.2. The van der Waals surface area contributed by atoms with E-state index in [-0.39, 0.29) is 23.5 Å². The second kappa shape index (κ2) is 17.7. The molecule has 2 aromatic carbocycles. The summed E-state index contributed by atoms with van der Waals surface area (Å²) < 4.78 is 13.7. The van der Waals surface area contributed by atoms with Gasteiger partial charge in [0.1, 0.15) is 0 Å². The first-order valence-electron chi connectivity index (χ1n) is 17.1. The molecule has 13 heteroatoms. The molecule has 1 fully saturated rings. The van der Waals surface area contributed by atoms with Crippen molar-refractivity contribution >= 4 is 48.6 Å². The first-order chi connectivity index (χ1) is 22.1. The molecule has 0 heterocycles. The molecule has 0 radical (unpaired) electrons. The second-order valence-corrected chi connectivity index (χ2v) is 27.0. The molecule has 3 rings (SSSR count). The zero-order valence-corrected chi connectivity index (χ0v) is 32.9. The summed E-state index contributed by atoms with van der Waals surface area (Å²) >= 11 is 0. The van der Waals surface area contributed by atoms with Crippen LogP contribution >= 0.6 is 0 Å². The minimum atomic E-state index is -2.37. The van der Waals surface area contributed by atoms with E-state index in [1.54, 1.807) is 0 Å². The van der Waals surface area contributed by atoms with Gasteiger partial charge in [-0.3, -0.25) is 0 Å². The number of hydroxylamine groups is 1. The summed E-state index contributed by atoms with van der Waals surface area (Å²) in [6.07, 6.45) is 4.02. The Hall–Kier alpha value is -2.53. The molecule has 0 spiro atoms. The quantitative estimate of drug-likeness (QED) is 0.0633. The van der Waals surface area contributed by atoms with Gasteiger partial charge in [-0.05, 0) is 107 Å². The fourth-order valence-electron chi connectivity index (χ4n) is 6.22. The topological polar surface area (TPSA) is 113 Å². The van der Waals surface area contributed by atoms with Crippen molar-refractivity contribution in [3.8, 4) is 0 Å². The van der Waals surface area contributed by atoms with Crippen molar-refractivity contribution in [3.63, 3.8) is 0 Å². The predicted octanol–water partition coefficient (Wildman–Crippen LogP) is 7.98. The summed E-state index contributed by atoms with van der Waals surface area (Å²) in [6, 6.07) is 21.1. The van der Waals surface area contributed by atoms with E-state index in [9.17, 15) is 9.59 Å². The number of amides is 4. The van der Waals surface area contributed by atoms with Gasteiger partial charge in [-0.1, -0.05) is 49.7 Å². The number of nitrogens with one attached hydrogen (secondary N) is 4. The largest absolute Gasteiger partial charge is 0.437 e. The number of anilines is 2. The van der Waals surface area contributed by atoms with Gasteiger partial charge in [-0.2, -0.15) is 0 Å². The monoisotopic (exact) mass is 701 g/mol. The minimum absolute atomic E-state index is 0.113. The molecule has 10 nitrogen and oxygen atoms in total. The van der Waals surface area contributed by atoms with Gasteiger partial charge in [0.15, 0.2) is 16.6 Å². The van der Waals surface area contributed by atoms with Crippen LogP contribution in [0, 0.1) is 5.41 Å². The van der Waals surface area contributed by atoms with Crippen molar-refractivity contribution < 1.29 is 22.7 Å². The lowest BCUT2D eigenvalue weighted by Crippen LogP contribution is -2.52. The molecule has 2 aromatic rings. The predicted molar refractivity (Wildman–Crippen MR) is 200 cm³/mol. The van der Waals surface area contributed by atoms with Gasteiger partial charge in [0.2, 0.25) is 0 Å². The maximum atomic E-state index is 13.1. The molecule has 262 valence electrons. The lowest BCUT2D eigenvalue weighted by Gasteiger charge is -2.39. The molecule has 2 unspecified atom stereocenters. The summed E-state index contributed by atoms with van der Waals surface area (Å²) in [6.45, 7) is 20.0. The molecule has 0 saturated heterocycles. The van der Waals surface area contributed by atoms with Gasteiger partial charge < -0.3 is 33.9 Å². The Morgan fingerprint density at radius 2 is 1.38 bits per heavy atom. The fraction of sp³-hybridized carbons (Fsp3) is 0.588. The van der Waals surface area contributed by atoms with Crippen molar-refractivity contribution in [2.75, 3.05) is 36.9 Å². The highest BCUT2D eigenvalue weighted by molar-refractivity contribution is 6.87. The Labute approximate surface area is 286 Å². The summed E-state index contributed by atoms with van der Waals surface area (Å²) in [5, 5.41) is 9.08. The molecule has 1 saturated carbocycles. The van der Waals surface area contributed by atoms with E-state index >= 15 is 0 Å². The molecule has 1 aliphatic rings. The van der Waals surface area contributed by atoms with E-state index in [1.165, 1.54) is 0 Å². The smallest absolute Gasteiger partial charge is 0.321 e. The number of urea groups is 2. The summed E-state index contributed by atoms with van der Waals surface area (Å²) in [7, 11) is -6.38. The maximum absolute atomic E-state index is 13.1. The Bertz CT molecular complexity index is 1260. The van der Waals surface area contributed by atoms with Gasteiger partial charge in [0.25, 0.3) is 0 Å². The highest BCUT2D eigenvalue weighted by Gasteiger charge is 2.50. The van der Waals surface area contributed by atoms with Crippen LogP contribution in [0.4, 0.5) is 21.0 Å². The van der Waals surface area contributed by atoms with Crippen LogP contribution < -0.4 is 21.4 Å². The van der Waals surface area contributed by atoms with Crippen molar-refractivity contribution in [2.45, 2.75) is 96.9 Å². The molecule has 1 aliphatic carbocycles. The van der Waals surface area contributed by atoms with E-state index < -0.39 is 25.2 Å². The number of carbonyl (C=O) groups excluding carboxylic acids is 2. The third kappa shape index (κ3) is 14.6. The molecule has 2 atom stereocenters. The number of nitrogens with zero attached hydrogens (tertiary/aromatic N) is 1. The molecule has 4 amide bonds. The van der Waals surface area contributed by atoms with Crippen LogP contribution in [0.3, 0.4) is 0 Å². The number of rotatable bonds is 20. The third-order valence-electron chi connectivity index (χ3n) is 8.51. The van der Waals surface area contributed by atoms with Crippen LogP contribution in [0.15, 0.2) is 60.7 Å². The highest BCUT2D eigenvalue weighted by atomic mass is 28.5. The summed E-state index contributed by atoms with van der Waals surface area (Å²) in [5.41, 5.74) is 4.65. The van der Waals surface area contributed by atoms with Crippen LogP contribution in [0.5, 0.6) is 0 Å². The Kier molecular flexibility index (Phi) is 14.7. The zero-order chi connectivity index (χ0) is 34.6. The van der Waals surface area contributed by atoms with Gasteiger partial charge >= 0.3 is 20.6 Å². The number of hydrogen-bond donors (Lipinski definition) is 4. The molecule has 4 N–H and O–H groups in total. The van der Waals surface area contributed by atoms with Gasteiger partial charge in [0, 0.05) is 37.1 Å². The van der Waals surface area contributed by atoms with E-state index in [1.807, 2.05) is 72.5 Å². The van der Waals surface area contributed by atoms with Gasteiger partial charge in [0.05, 0.1) is 6.61 Å². The normalized spacial score (nSPS) is 18.0. The lowest BCUT2D eigenvalue weighted by atomic mass is 10.0. The van der Waals surface area contributed by atoms with E-state index in [0.717, 1.165) is 49.1 Å². The average Bonchev–Trinajstić information content (AvgIpc) is 3.61. The minimum Gasteiger partial charge on any atom is -0.437 e. The van der Waals surface area contributed by atoms with Gasteiger partial charge in [-0.15, -0.1) is 0 Å². The number of carbonyl (C=O) groups is 2. The van der Waals surface area contributed by atoms with Crippen molar-refractivity contribution in [2.24, 2.45) is 5.41 Å². The lowest BCUT2D eigenvalue weighted by molar-refractivity contribution is 0.0472. The summed E-state index contributed by atoms with van der Waals surface area (Å²) in [4.78, 5) is 32.7.